The highest BCUT2D eigenvalue weighted by Crippen LogP contribution is 2.31. The van der Waals surface area contributed by atoms with E-state index in [2.05, 4.69) is 20.7 Å². The minimum Gasteiger partial charge on any atom is -0.211 e. The van der Waals surface area contributed by atoms with Crippen LogP contribution in [0.15, 0.2) is 33.6 Å². The van der Waals surface area contributed by atoms with Crippen LogP contribution in [0.4, 0.5) is 0 Å². The van der Waals surface area contributed by atoms with E-state index in [4.69, 9.17) is 0 Å². The Bertz CT molecular complexity index is 469. The maximum atomic E-state index is 11.9. The molecule has 0 saturated heterocycles. The van der Waals surface area contributed by atoms with E-state index in [-0.39, 0.29) is 0 Å². The van der Waals surface area contributed by atoms with Crippen LogP contribution in [0.1, 0.15) is 19.3 Å². The summed E-state index contributed by atoms with van der Waals surface area (Å²) in [6, 6.07) is 6.74. The molecule has 0 bridgehead atoms. The Kier molecular flexibility index (Phi) is 3.66. The van der Waals surface area contributed by atoms with E-state index in [1.807, 2.05) is 6.07 Å². The fourth-order valence-electron chi connectivity index (χ4n) is 1.52. The molecule has 2 rings (SSSR count). The van der Waals surface area contributed by atoms with Gasteiger partial charge in [-0.3, -0.25) is 0 Å². The van der Waals surface area contributed by atoms with Crippen molar-refractivity contribution in [2.75, 3.05) is 6.54 Å². The van der Waals surface area contributed by atoms with Gasteiger partial charge in [0.25, 0.3) is 0 Å². The zero-order valence-electron chi connectivity index (χ0n) is 8.82. The third-order valence-corrected chi connectivity index (χ3v) is 4.60. The third kappa shape index (κ3) is 3.30. The third-order valence-electron chi connectivity index (χ3n) is 2.65. The van der Waals surface area contributed by atoms with Crippen LogP contribution in [-0.4, -0.2) is 15.0 Å². The average Bonchev–Trinajstić information content (AvgIpc) is 3.01. The summed E-state index contributed by atoms with van der Waals surface area (Å²) in [6.45, 7) is 0.541. The molecule has 1 aromatic rings. The van der Waals surface area contributed by atoms with Gasteiger partial charge in [-0.15, -0.1) is 0 Å². The molecule has 88 valence electrons. The van der Waals surface area contributed by atoms with Crippen molar-refractivity contribution >= 4 is 26.0 Å². The molecule has 0 radical (unpaired) electrons. The lowest BCUT2D eigenvalue weighted by Gasteiger charge is -2.06. The molecule has 0 aromatic heterocycles. The standard InChI is InChI=1S/C11H14BrNO2S/c12-10-2-1-3-11(8-10)16(14,15)13-7-6-9-4-5-9/h1-3,8-9,13H,4-7H2. The largest absolute Gasteiger partial charge is 0.240 e. The number of nitrogens with one attached hydrogen (secondary N) is 1. The summed E-state index contributed by atoms with van der Waals surface area (Å²) in [5.74, 6) is 0.741. The van der Waals surface area contributed by atoms with Crippen LogP contribution in [-0.2, 0) is 10.0 Å². The van der Waals surface area contributed by atoms with Gasteiger partial charge in [0.05, 0.1) is 4.90 Å². The Balaban J connectivity index is 1.99. The normalized spacial score (nSPS) is 16.3. The first-order chi connectivity index (χ1) is 7.58. The molecule has 3 nitrogen and oxygen atoms in total. The van der Waals surface area contributed by atoms with Crippen LogP contribution in [0, 0.1) is 5.92 Å². The maximum Gasteiger partial charge on any atom is 0.240 e. The molecule has 1 fully saturated rings. The molecule has 1 aliphatic rings. The summed E-state index contributed by atoms with van der Waals surface area (Å²) < 4.78 is 27.1. The fraction of sp³-hybridized carbons (Fsp3) is 0.455. The number of sulfonamides is 1. The molecule has 0 amide bonds. The molecule has 16 heavy (non-hydrogen) atoms. The Morgan fingerprint density at radius 2 is 2.12 bits per heavy atom. The van der Waals surface area contributed by atoms with E-state index in [0.717, 1.165) is 16.8 Å². The Morgan fingerprint density at radius 1 is 1.38 bits per heavy atom. The van der Waals surface area contributed by atoms with Crippen LogP contribution in [0.3, 0.4) is 0 Å². The van der Waals surface area contributed by atoms with Crippen LogP contribution < -0.4 is 4.72 Å². The zero-order chi connectivity index (χ0) is 11.6. The van der Waals surface area contributed by atoms with Crippen molar-refractivity contribution in [2.45, 2.75) is 24.2 Å². The lowest BCUT2D eigenvalue weighted by Crippen LogP contribution is -2.25. The van der Waals surface area contributed by atoms with Crippen molar-refractivity contribution in [2.24, 2.45) is 5.92 Å². The molecule has 1 aromatic carbocycles. The van der Waals surface area contributed by atoms with Crippen LogP contribution >= 0.6 is 15.9 Å². The van der Waals surface area contributed by atoms with E-state index in [1.165, 1.54) is 12.8 Å². The number of benzene rings is 1. The number of hydrogen-bond donors (Lipinski definition) is 1. The number of halogens is 1. The van der Waals surface area contributed by atoms with Crippen molar-refractivity contribution in [3.63, 3.8) is 0 Å². The zero-order valence-corrected chi connectivity index (χ0v) is 11.2. The Labute approximate surface area is 104 Å². The molecule has 0 atom stereocenters. The van der Waals surface area contributed by atoms with Crippen LogP contribution in [0.5, 0.6) is 0 Å². The molecule has 5 heteroatoms. The molecule has 1 aliphatic carbocycles. The van der Waals surface area contributed by atoms with E-state index in [1.54, 1.807) is 18.2 Å². The summed E-state index contributed by atoms with van der Waals surface area (Å²) in [4.78, 5) is 0.317. The van der Waals surface area contributed by atoms with Gasteiger partial charge in [-0.1, -0.05) is 34.8 Å². The van der Waals surface area contributed by atoms with E-state index >= 15 is 0 Å². The minimum atomic E-state index is -3.33. The average molecular weight is 304 g/mol. The summed E-state index contributed by atoms with van der Waals surface area (Å²) in [7, 11) is -3.33. The molecule has 0 unspecified atom stereocenters. The van der Waals surface area contributed by atoms with Gasteiger partial charge >= 0.3 is 0 Å². The van der Waals surface area contributed by atoms with Gasteiger partial charge in [0.2, 0.25) is 10.0 Å². The fourth-order valence-corrected chi connectivity index (χ4v) is 3.17. The number of rotatable bonds is 5. The molecule has 1 N–H and O–H groups in total. The van der Waals surface area contributed by atoms with Crippen molar-refractivity contribution in [1.82, 2.24) is 4.72 Å². The number of hydrogen-bond acceptors (Lipinski definition) is 2. The van der Waals surface area contributed by atoms with Gasteiger partial charge < -0.3 is 0 Å². The van der Waals surface area contributed by atoms with Gasteiger partial charge in [-0.05, 0) is 30.5 Å². The minimum absolute atomic E-state index is 0.317. The lowest BCUT2D eigenvalue weighted by atomic mass is 10.3. The molecule has 0 heterocycles. The smallest absolute Gasteiger partial charge is 0.211 e. The highest BCUT2D eigenvalue weighted by molar-refractivity contribution is 9.10. The summed E-state index contributed by atoms with van der Waals surface area (Å²) in [6.07, 6.45) is 3.45. The highest BCUT2D eigenvalue weighted by atomic mass is 79.9. The summed E-state index contributed by atoms with van der Waals surface area (Å²) in [5, 5.41) is 0. The molecule has 0 spiro atoms. The van der Waals surface area contributed by atoms with Crippen LogP contribution in [0.2, 0.25) is 0 Å². The molecular formula is C11H14BrNO2S. The second-order valence-corrected chi connectivity index (χ2v) is 6.77. The monoisotopic (exact) mass is 303 g/mol. The van der Waals surface area contributed by atoms with Gasteiger partial charge in [0.1, 0.15) is 0 Å². The van der Waals surface area contributed by atoms with Gasteiger partial charge in [0, 0.05) is 11.0 Å². The van der Waals surface area contributed by atoms with Gasteiger partial charge in [-0.25, -0.2) is 13.1 Å². The first-order valence-electron chi connectivity index (χ1n) is 5.33. The Morgan fingerprint density at radius 3 is 2.75 bits per heavy atom. The van der Waals surface area contributed by atoms with Gasteiger partial charge in [0.15, 0.2) is 0 Å². The van der Waals surface area contributed by atoms with Crippen molar-refractivity contribution in [3.05, 3.63) is 28.7 Å². The Hall–Kier alpha value is -0.390. The first kappa shape index (κ1) is 12.1. The van der Waals surface area contributed by atoms with E-state index in [9.17, 15) is 8.42 Å². The molecule has 1 saturated carbocycles. The quantitative estimate of drug-likeness (QED) is 0.908. The molecule has 0 aliphatic heterocycles. The van der Waals surface area contributed by atoms with E-state index in [0.29, 0.717) is 11.4 Å². The maximum absolute atomic E-state index is 11.9. The molecular weight excluding hydrogens is 290 g/mol. The summed E-state index contributed by atoms with van der Waals surface area (Å²) >= 11 is 3.26. The SMILES string of the molecule is O=S(=O)(NCCC1CC1)c1cccc(Br)c1. The van der Waals surface area contributed by atoms with Crippen molar-refractivity contribution < 1.29 is 8.42 Å². The first-order valence-corrected chi connectivity index (χ1v) is 7.61. The van der Waals surface area contributed by atoms with Crippen molar-refractivity contribution in [3.8, 4) is 0 Å². The van der Waals surface area contributed by atoms with E-state index < -0.39 is 10.0 Å². The second kappa shape index (κ2) is 4.85. The second-order valence-electron chi connectivity index (χ2n) is 4.09. The topological polar surface area (TPSA) is 46.2 Å². The van der Waals surface area contributed by atoms with Gasteiger partial charge in [-0.2, -0.15) is 0 Å². The van der Waals surface area contributed by atoms with Crippen molar-refractivity contribution in [1.29, 1.82) is 0 Å². The highest BCUT2D eigenvalue weighted by Gasteiger charge is 2.22. The lowest BCUT2D eigenvalue weighted by molar-refractivity contribution is 0.575. The summed E-state index contributed by atoms with van der Waals surface area (Å²) in [5.41, 5.74) is 0. The predicted octanol–water partition coefficient (Wildman–Crippen LogP) is 2.53. The predicted molar refractivity (Wildman–Crippen MR) is 66.7 cm³/mol. The van der Waals surface area contributed by atoms with Crippen LogP contribution in [0.25, 0.3) is 0 Å².